The van der Waals surface area contributed by atoms with Gasteiger partial charge < -0.3 is 9.84 Å². The molecule has 0 aliphatic rings. The van der Waals surface area contributed by atoms with Crippen molar-refractivity contribution in [3.05, 3.63) is 71.3 Å². The highest BCUT2D eigenvalue weighted by molar-refractivity contribution is 5.96. The van der Waals surface area contributed by atoms with Crippen molar-refractivity contribution in [1.29, 1.82) is 5.26 Å². The lowest BCUT2D eigenvalue weighted by atomic mass is 10.1. The molecular weight excluding hydrogens is 278 g/mol. The summed E-state index contributed by atoms with van der Waals surface area (Å²) < 4.78 is 5.64. The molecule has 0 atom stereocenters. The predicted molar refractivity (Wildman–Crippen MR) is 83.3 cm³/mol. The Morgan fingerprint density at radius 1 is 1.14 bits per heavy atom. The van der Waals surface area contributed by atoms with Crippen LogP contribution in [0.4, 0.5) is 0 Å². The molecule has 0 bridgehead atoms. The summed E-state index contributed by atoms with van der Waals surface area (Å²) in [5, 5.41) is 17.5. The molecule has 4 nitrogen and oxygen atoms in total. The van der Waals surface area contributed by atoms with E-state index in [0.29, 0.717) is 17.9 Å². The molecule has 110 valence electrons. The van der Waals surface area contributed by atoms with Gasteiger partial charge >= 0.3 is 5.97 Å². The van der Waals surface area contributed by atoms with E-state index >= 15 is 0 Å². The third-order valence-electron chi connectivity index (χ3n) is 3.04. The molecule has 0 aliphatic heterocycles. The highest BCUT2D eigenvalue weighted by atomic mass is 16.5. The number of carboxylic acid groups (broad SMARTS) is 1. The molecule has 2 aromatic carbocycles. The van der Waals surface area contributed by atoms with Gasteiger partial charge in [0.15, 0.2) is 0 Å². The van der Waals surface area contributed by atoms with Gasteiger partial charge in [0.2, 0.25) is 0 Å². The number of nitrogens with zero attached hydrogens (tertiary/aromatic N) is 1. The maximum absolute atomic E-state index is 10.8. The van der Waals surface area contributed by atoms with Crippen molar-refractivity contribution < 1.29 is 14.6 Å². The Bertz CT molecular complexity index is 697. The summed E-state index contributed by atoms with van der Waals surface area (Å²) in [5.74, 6) is -0.521. The smallest absolute Gasteiger partial charge is 0.346 e. The van der Waals surface area contributed by atoms with Crippen LogP contribution in [0.2, 0.25) is 0 Å². The van der Waals surface area contributed by atoms with Crippen LogP contribution >= 0.6 is 0 Å². The Balaban J connectivity index is 1.92. The Morgan fingerprint density at radius 3 is 2.41 bits per heavy atom. The summed E-state index contributed by atoms with van der Waals surface area (Å²) >= 11 is 0. The molecule has 2 aromatic rings. The van der Waals surface area contributed by atoms with Crippen LogP contribution in [-0.2, 0) is 11.2 Å². The van der Waals surface area contributed by atoms with Gasteiger partial charge in [-0.1, -0.05) is 42.5 Å². The van der Waals surface area contributed by atoms with E-state index in [1.165, 1.54) is 11.6 Å². The van der Waals surface area contributed by atoms with Gasteiger partial charge in [-0.05, 0) is 29.3 Å². The summed E-state index contributed by atoms with van der Waals surface area (Å²) in [6.45, 7) is 0.567. The second-order valence-electron chi connectivity index (χ2n) is 4.63. The summed E-state index contributed by atoms with van der Waals surface area (Å²) in [6, 6.07) is 18.7. The van der Waals surface area contributed by atoms with E-state index < -0.39 is 5.97 Å². The SMILES string of the molecule is N#CC(=Cc1ccc(OCCc2ccccc2)cc1)C(=O)O. The van der Waals surface area contributed by atoms with Crippen molar-refractivity contribution >= 4 is 12.0 Å². The molecule has 0 spiro atoms. The van der Waals surface area contributed by atoms with E-state index in [1.807, 2.05) is 30.3 Å². The highest BCUT2D eigenvalue weighted by Crippen LogP contribution is 2.15. The number of hydrogen-bond acceptors (Lipinski definition) is 3. The zero-order valence-corrected chi connectivity index (χ0v) is 11.9. The first kappa shape index (κ1) is 15.3. The topological polar surface area (TPSA) is 70.3 Å². The van der Waals surface area contributed by atoms with Gasteiger partial charge in [0.1, 0.15) is 17.4 Å². The van der Waals surface area contributed by atoms with Crippen LogP contribution < -0.4 is 4.74 Å². The van der Waals surface area contributed by atoms with Gasteiger partial charge in [-0.3, -0.25) is 0 Å². The zero-order valence-electron chi connectivity index (χ0n) is 11.9. The van der Waals surface area contributed by atoms with Crippen molar-refractivity contribution in [2.45, 2.75) is 6.42 Å². The number of carboxylic acids is 1. The number of rotatable bonds is 6. The number of carbonyl (C=O) groups is 1. The fourth-order valence-corrected chi connectivity index (χ4v) is 1.90. The van der Waals surface area contributed by atoms with Gasteiger partial charge in [0.25, 0.3) is 0 Å². The lowest BCUT2D eigenvalue weighted by Crippen LogP contribution is -2.01. The second kappa shape index (κ2) is 7.65. The molecule has 0 unspecified atom stereocenters. The van der Waals surface area contributed by atoms with Crippen molar-refractivity contribution in [1.82, 2.24) is 0 Å². The molecule has 0 amide bonds. The first-order chi connectivity index (χ1) is 10.7. The van der Waals surface area contributed by atoms with E-state index in [2.05, 4.69) is 0 Å². The summed E-state index contributed by atoms with van der Waals surface area (Å²) in [5.41, 5.74) is 1.56. The second-order valence-corrected chi connectivity index (χ2v) is 4.63. The van der Waals surface area contributed by atoms with Crippen molar-refractivity contribution in [2.75, 3.05) is 6.61 Å². The molecule has 0 fully saturated rings. The predicted octanol–water partition coefficient (Wildman–Crippen LogP) is 3.30. The molecule has 0 saturated carbocycles. The van der Waals surface area contributed by atoms with Gasteiger partial charge in [-0.15, -0.1) is 0 Å². The zero-order chi connectivity index (χ0) is 15.8. The minimum atomic E-state index is -1.23. The van der Waals surface area contributed by atoms with E-state index in [4.69, 9.17) is 15.1 Å². The molecule has 0 aliphatic carbocycles. The minimum absolute atomic E-state index is 0.294. The quantitative estimate of drug-likeness (QED) is 0.655. The molecule has 0 heterocycles. The van der Waals surface area contributed by atoms with Gasteiger partial charge in [-0.25, -0.2) is 4.79 Å². The monoisotopic (exact) mass is 293 g/mol. The number of benzene rings is 2. The normalized spacial score (nSPS) is 10.8. The molecule has 0 saturated heterocycles. The maximum atomic E-state index is 10.8. The average Bonchev–Trinajstić information content (AvgIpc) is 2.54. The van der Waals surface area contributed by atoms with Crippen LogP contribution in [0.25, 0.3) is 6.08 Å². The molecule has 0 aromatic heterocycles. The highest BCUT2D eigenvalue weighted by Gasteiger charge is 2.05. The fraction of sp³-hybridized carbons (Fsp3) is 0.111. The van der Waals surface area contributed by atoms with Gasteiger partial charge in [0.05, 0.1) is 6.61 Å². The summed E-state index contributed by atoms with van der Waals surface area (Å²) in [7, 11) is 0. The minimum Gasteiger partial charge on any atom is -0.493 e. The third kappa shape index (κ3) is 4.50. The number of nitriles is 1. The third-order valence-corrected chi connectivity index (χ3v) is 3.04. The summed E-state index contributed by atoms with van der Waals surface area (Å²) in [4.78, 5) is 10.8. The molecule has 22 heavy (non-hydrogen) atoms. The first-order valence-corrected chi connectivity index (χ1v) is 6.81. The van der Waals surface area contributed by atoms with Crippen LogP contribution in [0.15, 0.2) is 60.2 Å². The first-order valence-electron chi connectivity index (χ1n) is 6.81. The van der Waals surface area contributed by atoms with E-state index in [-0.39, 0.29) is 5.57 Å². The van der Waals surface area contributed by atoms with Gasteiger partial charge in [-0.2, -0.15) is 5.26 Å². The standard InChI is InChI=1S/C18H15NO3/c19-13-16(18(20)21)12-15-6-8-17(9-7-15)22-11-10-14-4-2-1-3-5-14/h1-9,12H,10-11H2,(H,20,21). The molecule has 1 N–H and O–H groups in total. The number of hydrogen-bond donors (Lipinski definition) is 1. The van der Waals surface area contributed by atoms with E-state index in [1.54, 1.807) is 30.3 Å². The molecule has 4 heteroatoms. The van der Waals surface area contributed by atoms with Crippen LogP contribution in [0.3, 0.4) is 0 Å². The molecule has 0 radical (unpaired) electrons. The van der Waals surface area contributed by atoms with E-state index in [9.17, 15) is 4.79 Å². The van der Waals surface area contributed by atoms with Crippen LogP contribution in [0, 0.1) is 11.3 Å². The lowest BCUT2D eigenvalue weighted by molar-refractivity contribution is -0.132. The van der Waals surface area contributed by atoms with Crippen molar-refractivity contribution in [3.8, 4) is 11.8 Å². The fourth-order valence-electron chi connectivity index (χ4n) is 1.90. The molecule has 2 rings (SSSR count). The van der Waals surface area contributed by atoms with Crippen LogP contribution in [0.1, 0.15) is 11.1 Å². The van der Waals surface area contributed by atoms with E-state index in [0.717, 1.165) is 6.42 Å². The Morgan fingerprint density at radius 2 is 1.82 bits per heavy atom. The summed E-state index contributed by atoms with van der Waals surface area (Å²) in [6.07, 6.45) is 2.15. The number of ether oxygens (including phenoxy) is 1. The largest absolute Gasteiger partial charge is 0.493 e. The number of aliphatic carboxylic acids is 1. The van der Waals surface area contributed by atoms with Crippen LogP contribution in [-0.4, -0.2) is 17.7 Å². The Kier molecular flexibility index (Phi) is 5.33. The lowest BCUT2D eigenvalue weighted by Gasteiger charge is -2.06. The van der Waals surface area contributed by atoms with Gasteiger partial charge in [0, 0.05) is 6.42 Å². The van der Waals surface area contributed by atoms with Crippen molar-refractivity contribution in [2.24, 2.45) is 0 Å². The van der Waals surface area contributed by atoms with Crippen molar-refractivity contribution in [3.63, 3.8) is 0 Å². The Hall–Kier alpha value is -3.06. The molecular formula is C18H15NO3. The Labute approximate surface area is 128 Å². The average molecular weight is 293 g/mol. The maximum Gasteiger partial charge on any atom is 0.346 e. The van der Waals surface area contributed by atoms with Crippen LogP contribution in [0.5, 0.6) is 5.75 Å².